The Bertz CT molecular complexity index is 695. The van der Waals surface area contributed by atoms with Gasteiger partial charge in [0.05, 0.1) is 5.16 Å². The molecule has 1 rings (SSSR count). The molecule has 0 aromatic rings. The highest BCUT2D eigenvalue weighted by atomic mass is 32.1. The van der Waals surface area contributed by atoms with E-state index in [1.54, 1.807) is 0 Å². The van der Waals surface area contributed by atoms with Crippen LogP contribution in [0, 0.1) is 0 Å². The first-order valence-corrected chi connectivity index (χ1v) is 11.3. The molecule has 0 aliphatic heterocycles. The molecule has 0 saturated heterocycles. The van der Waals surface area contributed by atoms with Crippen LogP contribution in [0.15, 0.2) is 29.3 Å². The van der Waals surface area contributed by atoms with Crippen LogP contribution in [0.4, 0.5) is 0 Å². The molecule has 1 aliphatic carbocycles. The Kier molecular flexibility index (Phi) is 36.9. The van der Waals surface area contributed by atoms with E-state index in [0.29, 0.717) is 12.6 Å². The number of allylic oxidation sites excluding steroid dienone is 2. The van der Waals surface area contributed by atoms with Crippen molar-refractivity contribution in [1.29, 1.82) is 0 Å². The van der Waals surface area contributed by atoms with Crippen LogP contribution in [-0.4, -0.2) is 98.3 Å². The third-order valence-electron chi connectivity index (χ3n) is 2.91. The lowest BCUT2D eigenvalue weighted by atomic mass is 9.92. The average Bonchev–Trinajstić information content (AvgIpc) is 2.71. The Morgan fingerprint density at radius 2 is 1.32 bits per heavy atom. The second-order valence-corrected chi connectivity index (χ2v) is 7.35. The number of rotatable bonds is 8. The molecule has 2 atom stereocenters. The Balaban J connectivity index is -0.000000148. The zero-order valence-electron chi connectivity index (χ0n) is 22.6. The third-order valence-corrected chi connectivity index (χ3v) is 3.00. The number of hydrogen-bond donors (Lipinski definition) is 8. The first-order valence-electron chi connectivity index (χ1n) is 10.9. The molecule has 14 nitrogen and oxygen atoms in total. The number of aliphatic carboxylic acids is 5. The summed E-state index contributed by atoms with van der Waals surface area (Å²) >= 11 is 4.74. The van der Waals surface area contributed by atoms with Gasteiger partial charge in [0.1, 0.15) is 5.54 Å². The minimum atomic E-state index is -0.833. The van der Waals surface area contributed by atoms with Crippen LogP contribution in [0.1, 0.15) is 48.0 Å². The molecule has 2 unspecified atom stereocenters. The van der Waals surface area contributed by atoms with E-state index in [1.807, 2.05) is 12.2 Å². The van der Waals surface area contributed by atoms with Gasteiger partial charge in [0.15, 0.2) is 0 Å². The summed E-state index contributed by atoms with van der Waals surface area (Å²) in [5, 5.41) is 46.3. The van der Waals surface area contributed by atoms with Crippen molar-refractivity contribution < 1.29 is 49.5 Å². The molecule has 0 spiro atoms. The summed E-state index contributed by atoms with van der Waals surface area (Å²) in [5.41, 5.74) is 5.19. The summed E-state index contributed by atoms with van der Waals surface area (Å²) in [5.74, 6) is -4.17. The van der Waals surface area contributed by atoms with Crippen molar-refractivity contribution >= 4 is 47.2 Å². The van der Waals surface area contributed by atoms with E-state index in [2.05, 4.69) is 39.9 Å². The molecule has 15 heteroatoms. The molecule has 1 aliphatic rings. The van der Waals surface area contributed by atoms with E-state index in [-0.39, 0.29) is 5.54 Å². The first-order chi connectivity index (χ1) is 17.4. The van der Waals surface area contributed by atoms with Crippen LogP contribution in [0.2, 0.25) is 0 Å². The maximum atomic E-state index is 9.00. The summed E-state index contributed by atoms with van der Waals surface area (Å²) in [6.45, 7) is 10.7. The second kappa shape index (κ2) is 31.5. The van der Waals surface area contributed by atoms with Gasteiger partial charge in [-0.3, -0.25) is 24.0 Å². The number of carboxylic acids is 5. The van der Waals surface area contributed by atoms with Gasteiger partial charge in [0.2, 0.25) is 0 Å². The SMILES string of the molecule is CC(=O)O.CC(=O)O.CC(=O)O.CC(=O)O.CC(=O)O.CC(CNCC1(N=C=S)C=CC=CC1)NCCN. The zero-order chi connectivity index (χ0) is 31.2. The van der Waals surface area contributed by atoms with E-state index >= 15 is 0 Å². The summed E-state index contributed by atoms with van der Waals surface area (Å²) < 4.78 is 0. The molecule has 0 heterocycles. The van der Waals surface area contributed by atoms with Gasteiger partial charge in [-0.25, -0.2) is 4.99 Å². The lowest BCUT2D eigenvalue weighted by Gasteiger charge is -2.27. The Labute approximate surface area is 228 Å². The Morgan fingerprint density at radius 3 is 1.61 bits per heavy atom. The van der Waals surface area contributed by atoms with Crippen LogP contribution >= 0.6 is 12.2 Å². The molecule has 0 saturated carbocycles. The molecule has 0 amide bonds. The molecule has 0 aromatic carbocycles. The number of nitrogens with one attached hydrogen (secondary N) is 2. The molecule has 220 valence electrons. The fourth-order valence-corrected chi connectivity index (χ4v) is 2.09. The summed E-state index contributed by atoms with van der Waals surface area (Å²) in [6, 6.07) is 0.394. The van der Waals surface area contributed by atoms with Gasteiger partial charge in [-0.05, 0) is 25.6 Å². The molecule has 0 radical (unpaired) electrons. The minimum absolute atomic E-state index is 0.260. The largest absolute Gasteiger partial charge is 0.481 e. The average molecular weight is 567 g/mol. The number of hydrogen-bond acceptors (Lipinski definition) is 10. The number of aliphatic imine (C=N–C) groups is 1. The molecule has 38 heavy (non-hydrogen) atoms. The molecule has 0 bridgehead atoms. The summed E-state index contributed by atoms with van der Waals surface area (Å²) in [6.07, 6.45) is 9.09. The molecule has 9 N–H and O–H groups in total. The second-order valence-electron chi connectivity index (χ2n) is 7.17. The minimum Gasteiger partial charge on any atom is -0.481 e. The Hall–Kier alpha value is -3.49. The maximum absolute atomic E-state index is 9.00. The van der Waals surface area contributed by atoms with E-state index < -0.39 is 29.8 Å². The fourth-order valence-electron chi connectivity index (χ4n) is 1.90. The van der Waals surface area contributed by atoms with Crippen molar-refractivity contribution in [3.63, 3.8) is 0 Å². The standard InChI is InChI=1S/C13H22N4S.5C2H4O2/c1-12(16-8-7-14)9-15-10-13(17-11-18)5-3-2-4-6-13;5*1-2(3)4/h2-5,12,15-16H,6-10,14H2,1H3;5*1H3,(H,3,4). The summed E-state index contributed by atoms with van der Waals surface area (Å²) in [7, 11) is 0. The van der Waals surface area contributed by atoms with Crippen LogP contribution in [0.5, 0.6) is 0 Å². The van der Waals surface area contributed by atoms with Crippen molar-refractivity contribution in [2.45, 2.75) is 59.5 Å². The highest BCUT2D eigenvalue weighted by Crippen LogP contribution is 2.21. The number of nitrogens with zero attached hydrogens (tertiary/aromatic N) is 1. The quantitative estimate of drug-likeness (QED) is 0.152. The predicted molar refractivity (Wildman–Crippen MR) is 147 cm³/mol. The van der Waals surface area contributed by atoms with Crippen molar-refractivity contribution in [3.05, 3.63) is 24.3 Å². The highest BCUT2D eigenvalue weighted by molar-refractivity contribution is 7.78. The van der Waals surface area contributed by atoms with Crippen LogP contribution in [0.25, 0.3) is 0 Å². The lowest BCUT2D eigenvalue weighted by molar-refractivity contribution is -0.135. The topological polar surface area (TPSA) is 249 Å². The van der Waals surface area contributed by atoms with E-state index in [4.69, 9.17) is 67.5 Å². The van der Waals surface area contributed by atoms with Gasteiger partial charge in [-0.2, -0.15) is 0 Å². The predicted octanol–water partition coefficient (Wildman–Crippen LogP) is 1.33. The summed E-state index contributed by atoms with van der Waals surface area (Å²) in [4.78, 5) is 49.3. The Morgan fingerprint density at radius 1 is 0.921 bits per heavy atom. The van der Waals surface area contributed by atoms with Crippen molar-refractivity contribution in [3.8, 4) is 0 Å². The lowest BCUT2D eigenvalue weighted by Crippen LogP contribution is -2.44. The zero-order valence-corrected chi connectivity index (χ0v) is 23.4. The van der Waals surface area contributed by atoms with E-state index in [1.165, 1.54) is 0 Å². The molecular weight excluding hydrogens is 524 g/mol. The van der Waals surface area contributed by atoms with Crippen molar-refractivity contribution in [2.75, 3.05) is 26.2 Å². The molecular formula is C23H42N4O10S. The maximum Gasteiger partial charge on any atom is 0.300 e. The van der Waals surface area contributed by atoms with Gasteiger partial charge in [-0.1, -0.05) is 24.3 Å². The molecule has 0 fully saturated rings. The first kappa shape index (κ1) is 44.5. The number of carbonyl (C=O) groups is 5. The van der Waals surface area contributed by atoms with Gasteiger partial charge in [0, 0.05) is 66.8 Å². The number of nitrogens with two attached hydrogens (primary N) is 1. The van der Waals surface area contributed by atoms with Gasteiger partial charge < -0.3 is 41.9 Å². The highest BCUT2D eigenvalue weighted by Gasteiger charge is 2.25. The van der Waals surface area contributed by atoms with E-state index in [0.717, 1.165) is 60.7 Å². The normalized spacial score (nSPS) is 14.5. The van der Waals surface area contributed by atoms with Gasteiger partial charge in [-0.15, -0.1) is 0 Å². The van der Waals surface area contributed by atoms with Crippen LogP contribution in [-0.2, 0) is 24.0 Å². The number of thiocarbonyl (C=S) groups is 1. The van der Waals surface area contributed by atoms with Crippen LogP contribution < -0.4 is 16.4 Å². The van der Waals surface area contributed by atoms with Crippen molar-refractivity contribution in [1.82, 2.24) is 10.6 Å². The van der Waals surface area contributed by atoms with E-state index in [9.17, 15) is 0 Å². The molecule has 0 aromatic heterocycles. The third kappa shape index (κ3) is 69.8. The number of carboxylic acid groups (broad SMARTS) is 5. The van der Waals surface area contributed by atoms with Gasteiger partial charge in [0.25, 0.3) is 29.8 Å². The van der Waals surface area contributed by atoms with Crippen molar-refractivity contribution in [2.24, 2.45) is 10.7 Å². The number of isothiocyanates is 1. The van der Waals surface area contributed by atoms with Crippen LogP contribution in [0.3, 0.4) is 0 Å². The van der Waals surface area contributed by atoms with Gasteiger partial charge >= 0.3 is 0 Å². The fraction of sp³-hybridized carbons (Fsp3) is 0.565. The smallest absolute Gasteiger partial charge is 0.300 e. The monoisotopic (exact) mass is 566 g/mol.